The normalized spacial score (nSPS) is 14.3. The Bertz CT molecular complexity index is 654. The van der Waals surface area contributed by atoms with Crippen molar-refractivity contribution in [2.45, 2.75) is 25.3 Å². The fourth-order valence-electron chi connectivity index (χ4n) is 1.86. The number of benzene rings is 1. The van der Waals surface area contributed by atoms with Crippen molar-refractivity contribution < 1.29 is 4.79 Å². The summed E-state index contributed by atoms with van der Waals surface area (Å²) in [6.45, 7) is 0.435. The lowest BCUT2D eigenvalue weighted by atomic mass is 10.2. The van der Waals surface area contributed by atoms with E-state index in [-0.39, 0.29) is 5.91 Å². The molecule has 1 saturated carbocycles. The van der Waals surface area contributed by atoms with E-state index in [4.69, 9.17) is 11.6 Å². The summed E-state index contributed by atoms with van der Waals surface area (Å²) in [7, 11) is 0. The van der Waals surface area contributed by atoms with Gasteiger partial charge in [0.1, 0.15) is 0 Å². The van der Waals surface area contributed by atoms with Crippen LogP contribution >= 0.6 is 38.9 Å². The van der Waals surface area contributed by atoms with Crippen LogP contribution in [-0.4, -0.2) is 10.9 Å². The molecule has 0 spiro atoms. The van der Waals surface area contributed by atoms with E-state index >= 15 is 0 Å². The summed E-state index contributed by atoms with van der Waals surface area (Å²) in [5.41, 5.74) is 1.38. The molecule has 0 aliphatic heterocycles. The lowest BCUT2D eigenvalue weighted by molar-refractivity contribution is 0.0950. The number of nitrogens with one attached hydrogen (secondary N) is 1. The highest BCUT2D eigenvalue weighted by Gasteiger charge is 2.26. The van der Waals surface area contributed by atoms with Crippen LogP contribution in [0, 0.1) is 0 Å². The van der Waals surface area contributed by atoms with E-state index in [9.17, 15) is 4.79 Å². The van der Waals surface area contributed by atoms with Gasteiger partial charge < -0.3 is 5.32 Å². The Kier molecular flexibility index (Phi) is 4.10. The van der Waals surface area contributed by atoms with Crippen LogP contribution < -0.4 is 5.32 Å². The Morgan fingerprint density at radius 1 is 1.50 bits per heavy atom. The van der Waals surface area contributed by atoms with E-state index in [1.165, 1.54) is 17.8 Å². The predicted molar refractivity (Wildman–Crippen MR) is 84.4 cm³/mol. The monoisotopic (exact) mass is 370 g/mol. The molecule has 1 aliphatic rings. The molecule has 1 aromatic heterocycles. The van der Waals surface area contributed by atoms with Crippen LogP contribution in [0.4, 0.5) is 0 Å². The van der Waals surface area contributed by atoms with Crippen LogP contribution in [0.1, 0.15) is 39.8 Å². The third-order valence-corrected chi connectivity index (χ3v) is 4.98. The molecule has 20 heavy (non-hydrogen) atoms. The maximum Gasteiger partial charge on any atom is 0.253 e. The van der Waals surface area contributed by atoms with Crippen LogP contribution in [0.2, 0.25) is 5.02 Å². The number of aromatic nitrogens is 1. The summed E-state index contributed by atoms with van der Waals surface area (Å²) in [6.07, 6.45) is 2.49. The van der Waals surface area contributed by atoms with Crippen molar-refractivity contribution in [1.29, 1.82) is 0 Å². The quantitative estimate of drug-likeness (QED) is 0.867. The van der Waals surface area contributed by atoms with Gasteiger partial charge in [0.2, 0.25) is 0 Å². The molecule has 1 aliphatic carbocycles. The molecule has 1 amide bonds. The molecule has 0 atom stereocenters. The molecule has 3 nitrogen and oxygen atoms in total. The van der Waals surface area contributed by atoms with Gasteiger partial charge >= 0.3 is 0 Å². The fraction of sp³-hybridized carbons (Fsp3) is 0.286. The highest BCUT2D eigenvalue weighted by molar-refractivity contribution is 9.10. The summed E-state index contributed by atoms with van der Waals surface area (Å²) in [5, 5.41) is 6.50. The lowest BCUT2D eigenvalue weighted by Crippen LogP contribution is -2.23. The lowest BCUT2D eigenvalue weighted by Gasteiger charge is -2.05. The molecule has 3 rings (SSSR count). The topological polar surface area (TPSA) is 42.0 Å². The van der Waals surface area contributed by atoms with Crippen LogP contribution in [0.3, 0.4) is 0 Å². The second kappa shape index (κ2) is 5.84. The molecule has 2 aromatic rings. The molecule has 1 fully saturated rings. The Balaban J connectivity index is 1.64. The summed E-state index contributed by atoms with van der Waals surface area (Å²) in [4.78, 5) is 16.6. The average Bonchev–Trinajstić information content (AvgIpc) is 3.18. The van der Waals surface area contributed by atoms with Gasteiger partial charge in [-0.1, -0.05) is 27.5 Å². The maximum absolute atomic E-state index is 12.1. The van der Waals surface area contributed by atoms with Crippen LogP contribution in [-0.2, 0) is 6.54 Å². The predicted octanol–water partition coefficient (Wildman–Crippen LogP) is 4.37. The maximum atomic E-state index is 12.1. The standard InChI is InChI=1S/C14H12BrClN2OS/c15-9-3-4-12(16)11(5-9)13(19)17-6-10-7-20-14(18-10)8-1-2-8/h3-5,7-8H,1-2,6H2,(H,17,19). The Morgan fingerprint density at radius 2 is 2.30 bits per heavy atom. The minimum absolute atomic E-state index is 0.183. The van der Waals surface area contributed by atoms with Crippen molar-refractivity contribution in [2.75, 3.05) is 0 Å². The molecule has 104 valence electrons. The zero-order valence-electron chi connectivity index (χ0n) is 10.5. The number of rotatable bonds is 4. The van der Waals surface area contributed by atoms with E-state index < -0.39 is 0 Å². The summed E-state index contributed by atoms with van der Waals surface area (Å²) >= 11 is 11.0. The summed E-state index contributed by atoms with van der Waals surface area (Å²) in [5.74, 6) is 0.473. The Hall–Kier alpha value is -0.910. The van der Waals surface area contributed by atoms with E-state index in [2.05, 4.69) is 26.2 Å². The molecular formula is C14H12BrClN2OS. The van der Waals surface area contributed by atoms with Gasteiger partial charge in [-0.3, -0.25) is 4.79 Å². The molecule has 1 heterocycles. The first-order valence-electron chi connectivity index (χ1n) is 6.31. The number of amides is 1. The van der Waals surface area contributed by atoms with Crippen molar-refractivity contribution >= 4 is 44.8 Å². The Labute approximate surface area is 134 Å². The van der Waals surface area contributed by atoms with Gasteiger partial charge in [0.25, 0.3) is 5.91 Å². The zero-order valence-corrected chi connectivity index (χ0v) is 13.7. The van der Waals surface area contributed by atoms with Gasteiger partial charge in [0, 0.05) is 15.8 Å². The molecule has 0 unspecified atom stereocenters. The van der Waals surface area contributed by atoms with Crippen LogP contribution in [0.5, 0.6) is 0 Å². The number of nitrogens with zero attached hydrogens (tertiary/aromatic N) is 1. The van der Waals surface area contributed by atoms with Crippen molar-refractivity contribution in [3.8, 4) is 0 Å². The van der Waals surface area contributed by atoms with Crippen molar-refractivity contribution in [3.05, 3.63) is 49.3 Å². The molecule has 0 bridgehead atoms. The number of halogens is 2. The molecule has 1 N–H and O–H groups in total. The highest BCUT2D eigenvalue weighted by Crippen LogP contribution is 2.41. The van der Waals surface area contributed by atoms with Gasteiger partial charge in [0.05, 0.1) is 27.8 Å². The third-order valence-electron chi connectivity index (χ3n) is 3.10. The van der Waals surface area contributed by atoms with E-state index in [1.807, 2.05) is 11.4 Å². The second-order valence-electron chi connectivity index (χ2n) is 4.76. The largest absolute Gasteiger partial charge is 0.346 e. The van der Waals surface area contributed by atoms with Crippen molar-refractivity contribution in [2.24, 2.45) is 0 Å². The Morgan fingerprint density at radius 3 is 3.05 bits per heavy atom. The first-order valence-corrected chi connectivity index (χ1v) is 8.36. The van der Waals surface area contributed by atoms with Crippen LogP contribution in [0.15, 0.2) is 28.1 Å². The second-order valence-corrected chi connectivity index (χ2v) is 6.97. The summed E-state index contributed by atoms with van der Waals surface area (Å²) in [6, 6.07) is 5.23. The van der Waals surface area contributed by atoms with E-state index in [1.54, 1.807) is 23.5 Å². The summed E-state index contributed by atoms with van der Waals surface area (Å²) < 4.78 is 0.830. The molecule has 0 radical (unpaired) electrons. The van der Waals surface area contributed by atoms with E-state index in [0.29, 0.717) is 23.0 Å². The fourth-order valence-corrected chi connectivity index (χ4v) is 3.41. The zero-order chi connectivity index (χ0) is 14.1. The smallest absolute Gasteiger partial charge is 0.253 e. The van der Waals surface area contributed by atoms with Crippen LogP contribution in [0.25, 0.3) is 0 Å². The molecular weight excluding hydrogens is 360 g/mol. The minimum Gasteiger partial charge on any atom is -0.346 e. The minimum atomic E-state index is -0.183. The molecule has 0 saturated heterocycles. The van der Waals surface area contributed by atoms with Gasteiger partial charge in [-0.05, 0) is 31.0 Å². The number of carbonyl (C=O) groups is 1. The number of thiazole rings is 1. The van der Waals surface area contributed by atoms with Gasteiger partial charge in [0.15, 0.2) is 0 Å². The first-order chi connectivity index (χ1) is 9.63. The first kappa shape index (κ1) is 14.0. The van der Waals surface area contributed by atoms with Gasteiger partial charge in [-0.15, -0.1) is 11.3 Å². The average molecular weight is 372 g/mol. The van der Waals surface area contributed by atoms with Crippen molar-refractivity contribution in [1.82, 2.24) is 10.3 Å². The van der Waals surface area contributed by atoms with Crippen molar-refractivity contribution in [3.63, 3.8) is 0 Å². The van der Waals surface area contributed by atoms with Gasteiger partial charge in [-0.2, -0.15) is 0 Å². The highest BCUT2D eigenvalue weighted by atomic mass is 79.9. The number of hydrogen-bond acceptors (Lipinski definition) is 3. The number of carbonyl (C=O) groups excluding carboxylic acids is 1. The van der Waals surface area contributed by atoms with Gasteiger partial charge in [-0.25, -0.2) is 4.98 Å². The third kappa shape index (κ3) is 3.22. The van der Waals surface area contributed by atoms with E-state index in [0.717, 1.165) is 10.2 Å². The SMILES string of the molecule is O=C(NCc1csc(C2CC2)n1)c1cc(Br)ccc1Cl. The molecule has 6 heteroatoms. The molecule has 1 aromatic carbocycles. The number of hydrogen-bond donors (Lipinski definition) is 1.